The van der Waals surface area contributed by atoms with Crippen LogP contribution in [0.25, 0.3) is 0 Å². The van der Waals surface area contributed by atoms with Crippen LogP contribution >= 0.6 is 0 Å². The Morgan fingerprint density at radius 1 is 1.33 bits per heavy atom. The largest absolute Gasteiger partial charge is 0.388 e. The first-order valence-electron chi connectivity index (χ1n) is 7.46. The van der Waals surface area contributed by atoms with E-state index in [4.69, 9.17) is 4.74 Å². The van der Waals surface area contributed by atoms with Crippen molar-refractivity contribution in [2.45, 2.75) is 45.3 Å². The fourth-order valence-corrected chi connectivity index (χ4v) is 2.30. The lowest BCUT2D eigenvalue weighted by atomic mass is 9.93. The number of hydrogen-bond donors (Lipinski definition) is 2. The average Bonchev–Trinajstić information content (AvgIpc) is 3.23. The van der Waals surface area contributed by atoms with Gasteiger partial charge in [-0.25, -0.2) is 0 Å². The van der Waals surface area contributed by atoms with Gasteiger partial charge in [0.1, 0.15) is 6.61 Å². The molecular weight excluding hydrogens is 266 g/mol. The van der Waals surface area contributed by atoms with Crippen molar-refractivity contribution in [2.75, 3.05) is 13.2 Å². The summed E-state index contributed by atoms with van der Waals surface area (Å²) in [7, 11) is 0. The topological polar surface area (TPSA) is 58.6 Å². The number of hydrogen-bond acceptors (Lipinski definition) is 3. The van der Waals surface area contributed by atoms with Gasteiger partial charge in [-0.05, 0) is 39.2 Å². The number of carbonyl (C=O) groups is 1. The summed E-state index contributed by atoms with van der Waals surface area (Å²) in [6, 6.07) is 9.63. The molecule has 0 spiro atoms. The van der Waals surface area contributed by atoms with E-state index in [1.807, 2.05) is 51.1 Å². The molecule has 21 heavy (non-hydrogen) atoms. The van der Waals surface area contributed by atoms with Gasteiger partial charge >= 0.3 is 0 Å². The highest BCUT2D eigenvalue weighted by molar-refractivity contribution is 5.77. The Kier molecular flexibility index (Phi) is 4.69. The van der Waals surface area contributed by atoms with Crippen LogP contribution in [0.1, 0.15) is 45.3 Å². The predicted octanol–water partition coefficient (Wildman–Crippen LogP) is 2.43. The summed E-state index contributed by atoms with van der Waals surface area (Å²) in [6.45, 7) is 6.31. The molecule has 1 amide bonds. The Bertz CT molecular complexity index is 475. The molecule has 0 aliphatic heterocycles. The van der Waals surface area contributed by atoms with E-state index in [1.165, 1.54) is 0 Å². The fourth-order valence-electron chi connectivity index (χ4n) is 2.30. The van der Waals surface area contributed by atoms with E-state index in [1.54, 1.807) is 0 Å². The Balaban J connectivity index is 1.84. The lowest BCUT2D eigenvalue weighted by Crippen LogP contribution is -2.37. The van der Waals surface area contributed by atoms with Crippen molar-refractivity contribution in [3.05, 3.63) is 35.9 Å². The summed E-state index contributed by atoms with van der Waals surface area (Å²) in [5.74, 6) is -0.128. The van der Waals surface area contributed by atoms with Crippen LogP contribution < -0.4 is 5.32 Å². The number of nitrogens with one attached hydrogen (secondary N) is 1. The van der Waals surface area contributed by atoms with Crippen molar-refractivity contribution in [1.82, 2.24) is 5.32 Å². The maximum absolute atomic E-state index is 11.8. The van der Waals surface area contributed by atoms with Crippen LogP contribution in [0, 0.1) is 5.41 Å². The smallest absolute Gasteiger partial charge is 0.246 e. The van der Waals surface area contributed by atoms with Gasteiger partial charge in [0.25, 0.3) is 0 Å². The van der Waals surface area contributed by atoms with Gasteiger partial charge in [0.15, 0.2) is 0 Å². The number of rotatable bonds is 6. The average molecular weight is 291 g/mol. The minimum Gasteiger partial charge on any atom is -0.388 e. The molecule has 2 rings (SSSR count). The van der Waals surface area contributed by atoms with Gasteiger partial charge in [0.2, 0.25) is 5.91 Å². The molecule has 1 aromatic carbocycles. The Morgan fingerprint density at radius 2 is 1.95 bits per heavy atom. The molecule has 0 radical (unpaired) electrons. The third kappa shape index (κ3) is 4.55. The fraction of sp³-hybridized carbons (Fsp3) is 0.588. The van der Waals surface area contributed by atoms with E-state index < -0.39 is 6.10 Å². The molecule has 4 heteroatoms. The second-order valence-electron chi connectivity index (χ2n) is 6.85. The first-order valence-corrected chi connectivity index (χ1v) is 7.46. The molecule has 0 heterocycles. The van der Waals surface area contributed by atoms with Crippen molar-refractivity contribution >= 4 is 5.91 Å². The molecular formula is C17H25NO3. The van der Waals surface area contributed by atoms with Gasteiger partial charge in [0.05, 0.1) is 11.7 Å². The van der Waals surface area contributed by atoms with Crippen LogP contribution in [0.2, 0.25) is 0 Å². The zero-order chi connectivity index (χ0) is 15.5. The van der Waals surface area contributed by atoms with Gasteiger partial charge in [-0.3, -0.25) is 4.79 Å². The van der Waals surface area contributed by atoms with Gasteiger partial charge in [0, 0.05) is 12.0 Å². The maximum atomic E-state index is 11.8. The van der Waals surface area contributed by atoms with Crippen LogP contribution in [-0.4, -0.2) is 29.8 Å². The second-order valence-corrected chi connectivity index (χ2v) is 6.85. The molecule has 2 N–H and O–H groups in total. The SMILES string of the molecule is CC(C)(C)OCC(=O)NCC1(C(O)c2ccccc2)CC1. The summed E-state index contributed by atoms with van der Waals surface area (Å²) in [6.07, 6.45) is 1.34. The number of aliphatic hydroxyl groups excluding tert-OH is 1. The minimum absolute atomic E-state index is 0.0566. The normalized spacial score (nSPS) is 18.1. The highest BCUT2D eigenvalue weighted by Gasteiger charge is 2.49. The standard InChI is InChI=1S/C17H25NO3/c1-16(2,3)21-11-14(19)18-12-17(9-10-17)15(20)13-7-5-4-6-8-13/h4-8,15,20H,9-12H2,1-3H3,(H,18,19). The molecule has 0 aromatic heterocycles. The van der Waals surface area contributed by atoms with Crippen LogP contribution in [0.4, 0.5) is 0 Å². The maximum Gasteiger partial charge on any atom is 0.246 e. The summed E-state index contributed by atoms with van der Waals surface area (Å²) in [4.78, 5) is 11.8. The van der Waals surface area contributed by atoms with E-state index in [2.05, 4.69) is 5.32 Å². The van der Waals surface area contributed by atoms with Crippen molar-refractivity contribution in [1.29, 1.82) is 0 Å². The lowest BCUT2D eigenvalue weighted by Gasteiger charge is -2.24. The summed E-state index contributed by atoms with van der Waals surface area (Å²) in [5.41, 5.74) is 0.381. The zero-order valence-electron chi connectivity index (χ0n) is 13.1. The molecule has 4 nitrogen and oxygen atoms in total. The molecule has 1 aliphatic carbocycles. The van der Waals surface area contributed by atoms with Gasteiger partial charge < -0.3 is 15.2 Å². The molecule has 0 saturated heterocycles. The Hall–Kier alpha value is -1.39. The van der Waals surface area contributed by atoms with Crippen LogP contribution in [0.15, 0.2) is 30.3 Å². The van der Waals surface area contributed by atoms with Crippen molar-refractivity contribution in [2.24, 2.45) is 5.41 Å². The third-order valence-electron chi connectivity index (χ3n) is 3.86. The number of amides is 1. The quantitative estimate of drug-likeness (QED) is 0.846. The summed E-state index contributed by atoms with van der Waals surface area (Å²) in [5, 5.41) is 13.4. The molecule has 0 bridgehead atoms. The van der Waals surface area contributed by atoms with E-state index >= 15 is 0 Å². The van der Waals surface area contributed by atoms with E-state index in [9.17, 15) is 9.90 Å². The number of aliphatic hydroxyl groups is 1. The first kappa shape index (κ1) is 16.0. The van der Waals surface area contributed by atoms with E-state index in [0.29, 0.717) is 6.54 Å². The molecule has 1 unspecified atom stereocenters. The van der Waals surface area contributed by atoms with Crippen LogP contribution in [-0.2, 0) is 9.53 Å². The van der Waals surface area contributed by atoms with Crippen LogP contribution in [0.5, 0.6) is 0 Å². The summed E-state index contributed by atoms with van der Waals surface area (Å²) < 4.78 is 5.45. The van der Waals surface area contributed by atoms with Crippen molar-refractivity contribution in [3.8, 4) is 0 Å². The number of carbonyl (C=O) groups excluding carboxylic acids is 1. The van der Waals surface area contributed by atoms with Crippen LogP contribution in [0.3, 0.4) is 0 Å². The minimum atomic E-state index is -0.525. The molecule has 116 valence electrons. The number of benzene rings is 1. The van der Waals surface area contributed by atoms with E-state index in [-0.39, 0.29) is 23.5 Å². The number of ether oxygens (including phenoxy) is 1. The highest BCUT2D eigenvalue weighted by Crippen LogP contribution is 2.54. The molecule has 1 saturated carbocycles. The second kappa shape index (κ2) is 6.16. The predicted molar refractivity (Wildman–Crippen MR) is 81.8 cm³/mol. The molecule has 1 aliphatic rings. The van der Waals surface area contributed by atoms with E-state index in [0.717, 1.165) is 18.4 Å². The molecule has 1 atom stereocenters. The Labute approximate surface area is 126 Å². The van der Waals surface area contributed by atoms with Gasteiger partial charge in [-0.15, -0.1) is 0 Å². The van der Waals surface area contributed by atoms with Crippen molar-refractivity contribution < 1.29 is 14.6 Å². The monoisotopic (exact) mass is 291 g/mol. The first-order chi connectivity index (χ1) is 9.82. The highest BCUT2D eigenvalue weighted by atomic mass is 16.5. The third-order valence-corrected chi connectivity index (χ3v) is 3.86. The Morgan fingerprint density at radius 3 is 2.48 bits per heavy atom. The van der Waals surface area contributed by atoms with Gasteiger partial charge in [-0.2, -0.15) is 0 Å². The lowest BCUT2D eigenvalue weighted by molar-refractivity contribution is -0.131. The summed E-state index contributed by atoms with van der Waals surface area (Å²) >= 11 is 0. The zero-order valence-corrected chi connectivity index (χ0v) is 13.1. The molecule has 1 aromatic rings. The molecule has 1 fully saturated rings. The van der Waals surface area contributed by atoms with Crippen molar-refractivity contribution in [3.63, 3.8) is 0 Å². The van der Waals surface area contributed by atoms with Gasteiger partial charge in [-0.1, -0.05) is 30.3 Å².